The zero-order valence-electron chi connectivity index (χ0n) is 17.2. The Morgan fingerprint density at radius 3 is 2.71 bits per heavy atom. The van der Waals surface area contributed by atoms with E-state index in [4.69, 9.17) is 4.74 Å². The molecule has 6 heteroatoms. The van der Waals surface area contributed by atoms with Crippen LogP contribution in [-0.4, -0.2) is 34.7 Å². The van der Waals surface area contributed by atoms with Crippen LogP contribution >= 0.6 is 11.8 Å². The van der Waals surface area contributed by atoms with E-state index in [2.05, 4.69) is 76.6 Å². The molecule has 3 rings (SSSR count). The second-order valence-corrected chi connectivity index (χ2v) is 8.13. The molecule has 5 nitrogen and oxygen atoms in total. The van der Waals surface area contributed by atoms with Crippen molar-refractivity contribution >= 4 is 22.5 Å². The van der Waals surface area contributed by atoms with Crippen LogP contribution in [0.3, 0.4) is 0 Å². The number of nitrogens with zero attached hydrogens (tertiary/aromatic N) is 3. The van der Waals surface area contributed by atoms with Crippen LogP contribution in [0, 0.1) is 5.92 Å². The summed E-state index contributed by atoms with van der Waals surface area (Å²) in [6, 6.07) is 12.6. The monoisotopic (exact) mass is 398 g/mol. The molecule has 0 aliphatic rings. The van der Waals surface area contributed by atoms with E-state index in [1.54, 1.807) is 18.9 Å². The van der Waals surface area contributed by atoms with Gasteiger partial charge in [-0.1, -0.05) is 55.9 Å². The summed E-state index contributed by atoms with van der Waals surface area (Å²) >= 11 is 1.66. The number of rotatable bonds is 10. The van der Waals surface area contributed by atoms with Gasteiger partial charge in [-0.25, -0.2) is 0 Å². The molecular weight excluding hydrogens is 368 g/mol. The standard InChI is InChI=1S/C22H30N4OS/c1-16(2)15-26-21(24-25-22(26)28-4)10-7-13-23-14-19-18-9-6-5-8-17(18)11-12-20(19)27-3/h5-6,8-9,11-12,16,23H,7,10,13-15H2,1-4H3. The highest BCUT2D eigenvalue weighted by Crippen LogP contribution is 2.27. The molecule has 0 unspecified atom stereocenters. The Hall–Kier alpha value is -2.05. The summed E-state index contributed by atoms with van der Waals surface area (Å²) < 4.78 is 7.85. The Morgan fingerprint density at radius 2 is 1.96 bits per heavy atom. The fourth-order valence-corrected chi connectivity index (χ4v) is 4.00. The lowest BCUT2D eigenvalue weighted by atomic mass is 10.0. The fourth-order valence-electron chi connectivity index (χ4n) is 3.48. The second kappa shape index (κ2) is 9.94. The molecule has 0 bridgehead atoms. The van der Waals surface area contributed by atoms with E-state index in [0.717, 1.165) is 49.2 Å². The summed E-state index contributed by atoms with van der Waals surface area (Å²) in [6.45, 7) is 7.15. The van der Waals surface area contributed by atoms with Gasteiger partial charge in [0.1, 0.15) is 11.6 Å². The number of nitrogens with one attached hydrogen (secondary N) is 1. The zero-order valence-corrected chi connectivity index (χ0v) is 18.1. The summed E-state index contributed by atoms with van der Waals surface area (Å²) in [5, 5.41) is 15.8. The lowest BCUT2D eigenvalue weighted by molar-refractivity contribution is 0.408. The molecule has 0 spiro atoms. The van der Waals surface area contributed by atoms with Crippen molar-refractivity contribution in [2.24, 2.45) is 5.92 Å². The van der Waals surface area contributed by atoms with E-state index in [-0.39, 0.29) is 0 Å². The average molecular weight is 399 g/mol. The maximum atomic E-state index is 5.58. The van der Waals surface area contributed by atoms with Crippen molar-refractivity contribution < 1.29 is 4.74 Å². The van der Waals surface area contributed by atoms with Gasteiger partial charge < -0.3 is 14.6 Å². The van der Waals surface area contributed by atoms with E-state index < -0.39 is 0 Å². The third-order valence-corrected chi connectivity index (χ3v) is 5.46. The van der Waals surface area contributed by atoms with Crippen molar-refractivity contribution in [2.45, 2.75) is 44.9 Å². The predicted octanol–water partition coefficient (Wildman–Crippen LogP) is 4.54. The smallest absolute Gasteiger partial charge is 0.190 e. The Balaban J connectivity index is 1.59. The van der Waals surface area contributed by atoms with Gasteiger partial charge in [-0.15, -0.1) is 10.2 Å². The van der Waals surface area contributed by atoms with Crippen LogP contribution < -0.4 is 10.1 Å². The molecule has 28 heavy (non-hydrogen) atoms. The van der Waals surface area contributed by atoms with Gasteiger partial charge in [0.2, 0.25) is 0 Å². The van der Waals surface area contributed by atoms with Crippen LogP contribution in [0.15, 0.2) is 41.6 Å². The number of aryl methyl sites for hydroxylation is 1. The molecule has 0 radical (unpaired) electrons. The number of aromatic nitrogens is 3. The molecule has 1 heterocycles. The molecule has 3 aromatic rings. The van der Waals surface area contributed by atoms with Crippen LogP contribution in [-0.2, 0) is 19.5 Å². The van der Waals surface area contributed by atoms with Crippen LogP contribution in [0.1, 0.15) is 31.7 Å². The maximum Gasteiger partial charge on any atom is 0.190 e. The third kappa shape index (κ3) is 4.86. The van der Waals surface area contributed by atoms with E-state index in [9.17, 15) is 0 Å². The van der Waals surface area contributed by atoms with Crippen molar-refractivity contribution in [3.8, 4) is 5.75 Å². The van der Waals surface area contributed by atoms with Crippen molar-refractivity contribution in [2.75, 3.05) is 19.9 Å². The van der Waals surface area contributed by atoms with Gasteiger partial charge in [-0.05, 0) is 42.0 Å². The van der Waals surface area contributed by atoms with Gasteiger partial charge in [-0.3, -0.25) is 0 Å². The summed E-state index contributed by atoms with van der Waals surface area (Å²) in [7, 11) is 1.73. The van der Waals surface area contributed by atoms with Gasteiger partial charge in [0.15, 0.2) is 5.16 Å². The van der Waals surface area contributed by atoms with E-state index in [1.807, 2.05) is 0 Å². The molecule has 1 N–H and O–H groups in total. The molecule has 0 aliphatic heterocycles. The van der Waals surface area contributed by atoms with Crippen LogP contribution in [0.25, 0.3) is 10.8 Å². The minimum atomic E-state index is 0.581. The quantitative estimate of drug-likeness (QED) is 0.401. The topological polar surface area (TPSA) is 52.0 Å². The molecular formula is C22H30N4OS. The first-order valence-corrected chi connectivity index (χ1v) is 11.1. The summed E-state index contributed by atoms with van der Waals surface area (Å²) in [5.41, 5.74) is 1.22. The first-order valence-electron chi connectivity index (χ1n) is 9.85. The molecule has 0 fully saturated rings. The lowest BCUT2D eigenvalue weighted by Gasteiger charge is -2.14. The minimum Gasteiger partial charge on any atom is -0.496 e. The molecule has 150 valence electrons. The van der Waals surface area contributed by atoms with Crippen LogP contribution in [0.4, 0.5) is 0 Å². The fraction of sp³-hybridized carbons (Fsp3) is 0.455. The number of ether oxygens (including phenoxy) is 1. The van der Waals surface area contributed by atoms with Crippen LogP contribution in [0.2, 0.25) is 0 Å². The Kier molecular flexibility index (Phi) is 7.34. The van der Waals surface area contributed by atoms with Crippen molar-refractivity contribution in [1.29, 1.82) is 0 Å². The van der Waals surface area contributed by atoms with Crippen molar-refractivity contribution in [3.05, 3.63) is 47.8 Å². The normalized spacial score (nSPS) is 11.5. The van der Waals surface area contributed by atoms with Crippen molar-refractivity contribution in [1.82, 2.24) is 20.1 Å². The molecule has 0 saturated carbocycles. The van der Waals surface area contributed by atoms with Gasteiger partial charge in [0.25, 0.3) is 0 Å². The van der Waals surface area contributed by atoms with E-state index >= 15 is 0 Å². The zero-order chi connectivity index (χ0) is 19.9. The van der Waals surface area contributed by atoms with Crippen molar-refractivity contribution in [3.63, 3.8) is 0 Å². The van der Waals surface area contributed by atoms with Gasteiger partial charge >= 0.3 is 0 Å². The third-order valence-electron chi connectivity index (χ3n) is 4.80. The summed E-state index contributed by atoms with van der Waals surface area (Å²) in [6.07, 6.45) is 4.02. The van der Waals surface area contributed by atoms with E-state index in [0.29, 0.717) is 5.92 Å². The van der Waals surface area contributed by atoms with Gasteiger partial charge in [-0.2, -0.15) is 0 Å². The molecule has 2 aromatic carbocycles. The summed E-state index contributed by atoms with van der Waals surface area (Å²) in [5.74, 6) is 2.60. The Morgan fingerprint density at radius 1 is 1.14 bits per heavy atom. The summed E-state index contributed by atoms with van der Waals surface area (Å²) in [4.78, 5) is 0. The SMILES string of the molecule is COc1ccc2ccccc2c1CNCCCc1nnc(SC)n1CC(C)C. The number of thioether (sulfide) groups is 1. The molecule has 0 amide bonds. The molecule has 0 atom stereocenters. The van der Waals surface area contributed by atoms with Gasteiger partial charge in [0.05, 0.1) is 7.11 Å². The molecule has 0 aliphatic carbocycles. The average Bonchev–Trinajstić information content (AvgIpc) is 3.08. The lowest BCUT2D eigenvalue weighted by Crippen LogP contribution is -2.17. The first kappa shape index (κ1) is 20.7. The highest BCUT2D eigenvalue weighted by Gasteiger charge is 2.12. The Bertz CT molecular complexity index is 907. The predicted molar refractivity (Wildman–Crippen MR) is 117 cm³/mol. The maximum absolute atomic E-state index is 5.58. The number of benzene rings is 2. The van der Waals surface area contributed by atoms with E-state index in [1.165, 1.54) is 16.3 Å². The second-order valence-electron chi connectivity index (χ2n) is 7.36. The number of methoxy groups -OCH3 is 1. The highest BCUT2D eigenvalue weighted by molar-refractivity contribution is 7.98. The number of fused-ring (bicyclic) bond motifs is 1. The number of hydrogen-bond donors (Lipinski definition) is 1. The van der Waals surface area contributed by atoms with Gasteiger partial charge in [0, 0.05) is 25.1 Å². The number of hydrogen-bond acceptors (Lipinski definition) is 5. The molecule has 0 saturated heterocycles. The first-order chi connectivity index (χ1) is 13.6. The molecule has 1 aromatic heterocycles. The highest BCUT2D eigenvalue weighted by atomic mass is 32.2. The van der Waals surface area contributed by atoms with Crippen LogP contribution in [0.5, 0.6) is 5.75 Å². The Labute approximate surface area is 171 Å². The minimum absolute atomic E-state index is 0.581. The largest absolute Gasteiger partial charge is 0.496 e.